The van der Waals surface area contributed by atoms with Gasteiger partial charge in [-0.2, -0.15) is 0 Å². The minimum Gasteiger partial charge on any atom is -0.481 e. The molecule has 1 aromatic rings. The molecule has 0 spiro atoms. The maximum atomic E-state index is 11.6. The van der Waals surface area contributed by atoms with Crippen molar-refractivity contribution in [3.63, 3.8) is 0 Å². The molecule has 23 heavy (non-hydrogen) atoms. The molecule has 0 fully saturated rings. The summed E-state index contributed by atoms with van der Waals surface area (Å²) in [5.41, 5.74) is 2.87. The fourth-order valence-corrected chi connectivity index (χ4v) is 2.93. The van der Waals surface area contributed by atoms with E-state index in [0.29, 0.717) is 25.8 Å². The molecule has 5 nitrogen and oxygen atoms in total. The van der Waals surface area contributed by atoms with E-state index >= 15 is 0 Å². The van der Waals surface area contributed by atoms with Gasteiger partial charge >= 0.3 is 5.97 Å². The highest BCUT2D eigenvalue weighted by molar-refractivity contribution is 5.75. The Kier molecular flexibility index (Phi) is 7.07. The number of hydrogen-bond donors (Lipinski definition) is 2. The van der Waals surface area contributed by atoms with Crippen LogP contribution in [0, 0.1) is 0 Å². The summed E-state index contributed by atoms with van der Waals surface area (Å²) >= 11 is 0. The number of carboxylic acids is 1. The van der Waals surface area contributed by atoms with Gasteiger partial charge in [0.1, 0.15) is 0 Å². The molecule has 0 unspecified atom stereocenters. The second-order valence-electron chi connectivity index (χ2n) is 6.10. The first-order valence-electron chi connectivity index (χ1n) is 8.43. The van der Waals surface area contributed by atoms with Crippen molar-refractivity contribution in [3.05, 3.63) is 35.4 Å². The molecule has 0 radical (unpaired) electrons. The van der Waals surface area contributed by atoms with E-state index in [0.717, 1.165) is 32.5 Å². The number of amides is 1. The molecule has 1 aliphatic heterocycles. The zero-order chi connectivity index (χ0) is 16.5. The van der Waals surface area contributed by atoms with Gasteiger partial charge in [0.25, 0.3) is 0 Å². The first-order chi connectivity index (χ1) is 11.1. The van der Waals surface area contributed by atoms with Crippen molar-refractivity contribution in [1.82, 2.24) is 10.2 Å². The maximum Gasteiger partial charge on any atom is 0.303 e. The highest BCUT2D eigenvalue weighted by Crippen LogP contribution is 2.18. The lowest BCUT2D eigenvalue weighted by Gasteiger charge is -2.28. The van der Waals surface area contributed by atoms with Crippen molar-refractivity contribution in [2.75, 3.05) is 19.6 Å². The molecule has 126 valence electrons. The maximum absolute atomic E-state index is 11.6. The number of fused-ring (bicyclic) bond motifs is 1. The third-order valence-electron chi connectivity index (χ3n) is 4.23. The quantitative estimate of drug-likeness (QED) is 0.685. The fourth-order valence-electron chi connectivity index (χ4n) is 2.93. The van der Waals surface area contributed by atoms with Gasteiger partial charge in [-0.25, -0.2) is 0 Å². The van der Waals surface area contributed by atoms with Crippen LogP contribution in [0.2, 0.25) is 0 Å². The van der Waals surface area contributed by atoms with E-state index in [1.165, 1.54) is 11.1 Å². The molecule has 1 aromatic carbocycles. The van der Waals surface area contributed by atoms with Crippen LogP contribution < -0.4 is 5.32 Å². The summed E-state index contributed by atoms with van der Waals surface area (Å²) < 4.78 is 0. The molecule has 0 aliphatic carbocycles. The molecule has 1 heterocycles. The Morgan fingerprint density at radius 1 is 1.09 bits per heavy atom. The van der Waals surface area contributed by atoms with E-state index in [1.54, 1.807) is 0 Å². The standard InChI is InChI=1S/C18H26N2O3/c21-17(8-3-4-9-18(22)23)19-11-5-12-20-13-10-15-6-1-2-7-16(15)14-20/h1-2,6-7H,3-5,8-14H2,(H,19,21)(H,22,23). The molecular formula is C18H26N2O3. The second-order valence-corrected chi connectivity index (χ2v) is 6.10. The topological polar surface area (TPSA) is 69.6 Å². The number of carbonyl (C=O) groups excluding carboxylic acids is 1. The number of nitrogens with one attached hydrogen (secondary N) is 1. The van der Waals surface area contributed by atoms with Gasteiger partial charge in [0, 0.05) is 39.0 Å². The number of hydrogen-bond acceptors (Lipinski definition) is 3. The molecule has 2 N–H and O–H groups in total. The Hall–Kier alpha value is -1.88. The third kappa shape index (κ3) is 6.40. The normalized spacial score (nSPS) is 14.3. The molecule has 0 atom stereocenters. The number of carboxylic acid groups (broad SMARTS) is 1. The minimum absolute atomic E-state index is 0.0272. The fraction of sp³-hybridized carbons (Fsp3) is 0.556. The van der Waals surface area contributed by atoms with Crippen LogP contribution in [0.1, 0.15) is 43.2 Å². The number of nitrogens with zero attached hydrogens (tertiary/aromatic N) is 1. The summed E-state index contributed by atoms with van der Waals surface area (Å²) in [6, 6.07) is 8.59. The van der Waals surface area contributed by atoms with Gasteiger partial charge in [-0.1, -0.05) is 24.3 Å². The lowest BCUT2D eigenvalue weighted by molar-refractivity contribution is -0.137. The Morgan fingerprint density at radius 3 is 2.61 bits per heavy atom. The molecule has 5 heteroatoms. The van der Waals surface area contributed by atoms with Crippen LogP contribution >= 0.6 is 0 Å². The average molecular weight is 318 g/mol. The molecule has 0 saturated heterocycles. The van der Waals surface area contributed by atoms with E-state index < -0.39 is 5.97 Å². The molecule has 0 aromatic heterocycles. The van der Waals surface area contributed by atoms with Gasteiger partial charge in [0.15, 0.2) is 0 Å². The molecule has 0 saturated carbocycles. The van der Waals surface area contributed by atoms with Crippen LogP contribution in [-0.2, 0) is 22.6 Å². The number of carbonyl (C=O) groups is 2. The molecule has 1 amide bonds. The summed E-state index contributed by atoms with van der Waals surface area (Å²) in [6.07, 6.45) is 3.82. The van der Waals surface area contributed by atoms with Gasteiger partial charge in [0.2, 0.25) is 5.91 Å². The predicted octanol–water partition coefficient (Wildman–Crippen LogP) is 2.20. The number of aliphatic carboxylic acids is 1. The van der Waals surface area contributed by atoms with E-state index in [1.807, 2.05) is 0 Å². The van der Waals surface area contributed by atoms with Crippen LogP contribution in [0.5, 0.6) is 0 Å². The van der Waals surface area contributed by atoms with Crippen molar-refractivity contribution in [2.45, 2.75) is 45.1 Å². The Bertz CT molecular complexity index is 531. The predicted molar refractivity (Wildman–Crippen MR) is 89.2 cm³/mol. The number of rotatable bonds is 9. The van der Waals surface area contributed by atoms with Crippen molar-refractivity contribution in [1.29, 1.82) is 0 Å². The van der Waals surface area contributed by atoms with Crippen LogP contribution in [-0.4, -0.2) is 41.5 Å². The van der Waals surface area contributed by atoms with Crippen molar-refractivity contribution in [2.24, 2.45) is 0 Å². The van der Waals surface area contributed by atoms with Gasteiger partial charge in [0.05, 0.1) is 0 Å². The monoisotopic (exact) mass is 318 g/mol. The SMILES string of the molecule is O=C(O)CCCCC(=O)NCCCN1CCc2ccccc2C1. The van der Waals surface area contributed by atoms with Crippen LogP contribution in [0.25, 0.3) is 0 Å². The second kappa shape index (κ2) is 9.30. The smallest absolute Gasteiger partial charge is 0.303 e. The molecule has 2 rings (SSSR count). The third-order valence-corrected chi connectivity index (χ3v) is 4.23. The van der Waals surface area contributed by atoms with E-state index in [4.69, 9.17) is 5.11 Å². The van der Waals surface area contributed by atoms with Gasteiger partial charge in [-0.3, -0.25) is 14.5 Å². The van der Waals surface area contributed by atoms with Gasteiger partial charge in [-0.05, 0) is 36.8 Å². The molecule has 0 bridgehead atoms. The number of unbranched alkanes of at least 4 members (excludes halogenated alkanes) is 1. The largest absolute Gasteiger partial charge is 0.481 e. The van der Waals surface area contributed by atoms with Crippen molar-refractivity contribution < 1.29 is 14.7 Å². The molecule has 1 aliphatic rings. The molecular weight excluding hydrogens is 292 g/mol. The highest BCUT2D eigenvalue weighted by atomic mass is 16.4. The van der Waals surface area contributed by atoms with E-state index in [-0.39, 0.29) is 12.3 Å². The summed E-state index contributed by atoms with van der Waals surface area (Å²) in [4.78, 5) is 24.4. The van der Waals surface area contributed by atoms with Gasteiger partial charge in [-0.15, -0.1) is 0 Å². The Labute approximate surface area is 137 Å². The zero-order valence-electron chi connectivity index (χ0n) is 13.6. The summed E-state index contributed by atoms with van der Waals surface area (Å²) in [5, 5.41) is 11.4. The highest BCUT2D eigenvalue weighted by Gasteiger charge is 2.14. The average Bonchev–Trinajstić information content (AvgIpc) is 2.55. The van der Waals surface area contributed by atoms with Crippen LogP contribution in [0.3, 0.4) is 0 Å². The first-order valence-corrected chi connectivity index (χ1v) is 8.43. The summed E-state index contributed by atoms with van der Waals surface area (Å²) in [6.45, 7) is 3.77. The summed E-state index contributed by atoms with van der Waals surface area (Å²) in [7, 11) is 0. The first kappa shape index (κ1) is 17.5. The van der Waals surface area contributed by atoms with E-state index in [9.17, 15) is 9.59 Å². The zero-order valence-corrected chi connectivity index (χ0v) is 13.6. The lowest BCUT2D eigenvalue weighted by atomic mass is 10.00. The summed E-state index contributed by atoms with van der Waals surface area (Å²) in [5.74, 6) is -0.770. The van der Waals surface area contributed by atoms with Crippen molar-refractivity contribution >= 4 is 11.9 Å². The Morgan fingerprint density at radius 2 is 1.83 bits per heavy atom. The van der Waals surface area contributed by atoms with Gasteiger partial charge < -0.3 is 10.4 Å². The lowest BCUT2D eigenvalue weighted by Crippen LogP contribution is -2.33. The van der Waals surface area contributed by atoms with Crippen LogP contribution in [0.15, 0.2) is 24.3 Å². The minimum atomic E-state index is -0.798. The van der Waals surface area contributed by atoms with Crippen LogP contribution in [0.4, 0.5) is 0 Å². The number of benzene rings is 1. The van der Waals surface area contributed by atoms with Crippen molar-refractivity contribution in [3.8, 4) is 0 Å². The van der Waals surface area contributed by atoms with E-state index in [2.05, 4.69) is 34.5 Å². The Balaban J connectivity index is 1.54.